The van der Waals surface area contributed by atoms with Gasteiger partial charge in [0.05, 0.1) is 29.1 Å². The number of hydrogen-bond acceptors (Lipinski definition) is 4. The fourth-order valence-electron chi connectivity index (χ4n) is 3.81. The summed E-state index contributed by atoms with van der Waals surface area (Å²) in [6, 6.07) is 11.3. The van der Waals surface area contributed by atoms with Crippen LogP contribution < -0.4 is 10.9 Å². The Bertz CT molecular complexity index is 1480. The molecule has 0 fully saturated rings. The van der Waals surface area contributed by atoms with Crippen LogP contribution in [0.4, 0.5) is 17.6 Å². The summed E-state index contributed by atoms with van der Waals surface area (Å²) >= 11 is 0. The second-order valence-corrected chi connectivity index (χ2v) is 8.01. The van der Waals surface area contributed by atoms with Gasteiger partial charge in [-0.25, -0.2) is 9.07 Å². The van der Waals surface area contributed by atoms with Crippen molar-refractivity contribution in [2.45, 2.75) is 32.6 Å². The average molecular weight is 499 g/mol. The number of aromatic nitrogens is 4. The van der Waals surface area contributed by atoms with Crippen molar-refractivity contribution in [3.05, 3.63) is 99.9 Å². The molecule has 7 nitrogen and oxygen atoms in total. The molecule has 4 aromatic rings. The highest BCUT2D eigenvalue weighted by Crippen LogP contribution is 2.34. The summed E-state index contributed by atoms with van der Waals surface area (Å²) in [5.41, 5.74) is -0.0576. The Morgan fingerprint density at radius 1 is 1.11 bits per heavy atom. The number of carbonyl (C=O) groups excluding carboxylic acids is 1. The Morgan fingerprint density at radius 2 is 1.86 bits per heavy atom. The molecular weight excluding hydrogens is 478 g/mol. The third kappa shape index (κ3) is 4.90. The summed E-state index contributed by atoms with van der Waals surface area (Å²) in [5, 5.41) is 10.4. The van der Waals surface area contributed by atoms with Crippen molar-refractivity contribution >= 4 is 5.91 Å². The number of halogens is 4. The van der Waals surface area contributed by atoms with Crippen LogP contribution in [0.5, 0.6) is 0 Å². The second-order valence-electron chi connectivity index (χ2n) is 8.01. The van der Waals surface area contributed by atoms with E-state index in [2.05, 4.69) is 15.6 Å². The summed E-state index contributed by atoms with van der Waals surface area (Å²) in [6.45, 7) is 3.89. The number of carbonyl (C=O) groups is 1. The van der Waals surface area contributed by atoms with Gasteiger partial charge >= 0.3 is 6.18 Å². The molecule has 0 saturated heterocycles. The lowest BCUT2D eigenvalue weighted by Crippen LogP contribution is -2.29. The Hall–Kier alpha value is -4.28. The highest BCUT2D eigenvalue weighted by molar-refractivity contribution is 5.94. The van der Waals surface area contributed by atoms with Gasteiger partial charge in [-0.05, 0) is 38.1 Å². The summed E-state index contributed by atoms with van der Waals surface area (Å²) < 4.78 is 56.6. The van der Waals surface area contributed by atoms with Crippen molar-refractivity contribution in [1.82, 2.24) is 24.9 Å². The van der Waals surface area contributed by atoms with E-state index in [9.17, 15) is 27.2 Å². The van der Waals surface area contributed by atoms with Gasteiger partial charge in [0, 0.05) is 35.6 Å². The first-order chi connectivity index (χ1) is 17.1. The lowest BCUT2D eigenvalue weighted by Gasteiger charge is -2.18. The first kappa shape index (κ1) is 24.8. The summed E-state index contributed by atoms with van der Waals surface area (Å²) in [4.78, 5) is 25.4. The van der Waals surface area contributed by atoms with E-state index in [4.69, 9.17) is 0 Å². The highest BCUT2D eigenvalue weighted by Gasteiger charge is 2.35. The molecule has 11 heteroatoms. The molecule has 4 rings (SSSR count). The van der Waals surface area contributed by atoms with Crippen LogP contribution in [0.15, 0.2) is 71.8 Å². The standard InChI is InChI=1S/C25H21F4N5O2/c1-3-34-21(13-30-32-34)16-6-4-7-18(12-16)33-14-17(10-11-22(33)35)24(36)31-15(2)19-8-5-9-20(23(19)26)25(27,28)29/h4-15H,3H2,1-2H3,(H,31,36)/t15-/m1/s1. The quantitative estimate of drug-likeness (QED) is 0.388. The predicted molar refractivity (Wildman–Crippen MR) is 124 cm³/mol. The number of amides is 1. The Balaban J connectivity index is 1.62. The van der Waals surface area contributed by atoms with Crippen LogP contribution in [0, 0.1) is 5.82 Å². The molecule has 0 bridgehead atoms. The number of alkyl halides is 3. The minimum atomic E-state index is -4.86. The van der Waals surface area contributed by atoms with Gasteiger partial charge in [-0.2, -0.15) is 13.2 Å². The van der Waals surface area contributed by atoms with Crippen molar-refractivity contribution in [3.8, 4) is 16.9 Å². The smallest absolute Gasteiger partial charge is 0.345 e. The van der Waals surface area contributed by atoms with Gasteiger partial charge in [0.1, 0.15) is 5.82 Å². The van der Waals surface area contributed by atoms with Crippen molar-refractivity contribution in [3.63, 3.8) is 0 Å². The van der Waals surface area contributed by atoms with Gasteiger partial charge in [-0.1, -0.05) is 29.5 Å². The van der Waals surface area contributed by atoms with Crippen molar-refractivity contribution in [2.75, 3.05) is 0 Å². The van der Waals surface area contributed by atoms with Crippen LogP contribution in [-0.4, -0.2) is 25.5 Å². The van der Waals surface area contributed by atoms with Crippen molar-refractivity contribution in [2.24, 2.45) is 0 Å². The molecule has 1 atom stereocenters. The van der Waals surface area contributed by atoms with E-state index in [0.29, 0.717) is 18.3 Å². The molecule has 0 aliphatic rings. The molecule has 0 aliphatic heterocycles. The van der Waals surface area contributed by atoms with Crippen molar-refractivity contribution < 1.29 is 22.4 Å². The molecule has 0 unspecified atom stereocenters. The lowest BCUT2D eigenvalue weighted by atomic mass is 10.0. The van der Waals surface area contributed by atoms with Crippen LogP contribution in [0.1, 0.15) is 41.4 Å². The summed E-state index contributed by atoms with van der Waals surface area (Å²) in [7, 11) is 0. The van der Waals surface area contributed by atoms with Crippen LogP contribution in [0.25, 0.3) is 16.9 Å². The van der Waals surface area contributed by atoms with E-state index in [1.54, 1.807) is 29.1 Å². The zero-order valence-corrected chi connectivity index (χ0v) is 19.3. The molecule has 36 heavy (non-hydrogen) atoms. The number of nitrogens with zero attached hydrogens (tertiary/aromatic N) is 4. The van der Waals surface area contributed by atoms with Gasteiger partial charge in [-0.15, -0.1) is 5.10 Å². The molecule has 0 aliphatic carbocycles. The van der Waals surface area contributed by atoms with Crippen LogP contribution >= 0.6 is 0 Å². The van der Waals surface area contributed by atoms with E-state index < -0.39 is 35.1 Å². The highest BCUT2D eigenvalue weighted by atomic mass is 19.4. The minimum absolute atomic E-state index is 0.0690. The topological polar surface area (TPSA) is 81.8 Å². The van der Waals surface area contributed by atoms with Crippen LogP contribution in [0.3, 0.4) is 0 Å². The normalized spacial score (nSPS) is 12.4. The number of nitrogens with one attached hydrogen (secondary N) is 1. The predicted octanol–water partition coefficient (Wildman–Crippen LogP) is 4.76. The number of hydrogen-bond donors (Lipinski definition) is 1. The van der Waals surface area contributed by atoms with E-state index >= 15 is 0 Å². The van der Waals surface area contributed by atoms with E-state index in [-0.39, 0.29) is 11.1 Å². The van der Waals surface area contributed by atoms with Gasteiger partial charge < -0.3 is 5.32 Å². The van der Waals surface area contributed by atoms with Crippen LogP contribution in [0.2, 0.25) is 0 Å². The molecule has 2 aromatic heterocycles. The molecule has 2 heterocycles. The Kier molecular flexibility index (Phi) is 6.73. The van der Waals surface area contributed by atoms with Crippen LogP contribution in [-0.2, 0) is 12.7 Å². The maximum Gasteiger partial charge on any atom is 0.419 e. The summed E-state index contributed by atoms with van der Waals surface area (Å²) in [6.07, 6.45) is -1.94. The molecule has 2 aromatic carbocycles. The molecule has 1 N–H and O–H groups in total. The largest absolute Gasteiger partial charge is 0.419 e. The first-order valence-electron chi connectivity index (χ1n) is 11.0. The molecule has 186 valence electrons. The minimum Gasteiger partial charge on any atom is -0.345 e. The third-order valence-electron chi connectivity index (χ3n) is 5.66. The zero-order valence-electron chi connectivity index (χ0n) is 19.3. The number of benzene rings is 2. The first-order valence-corrected chi connectivity index (χ1v) is 11.0. The molecular formula is C25H21F4N5O2. The van der Waals surface area contributed by atoms with E-state index in [0.717, 1.165) is 17.3 Å². The van der Waals surface area contributed by atoms with Gasteiger partial charge in [-0.3, -0.25) is 14.2 Å². The Morgan fingerprint density at radius 3 is 2.58 bits per heavy atom. The maximum atomic E-state index is 14.5. The maximum absolute atomic E-state index is 14.5. The lowest BCUT2D eigenvalue weighted by molar-refractivity contribution is -0.140. The number of rotatable bonds is 6. The third-order valence-corrected chi connectivity index (χ3v) is 5.66. The fourth-order valence-corrected chi connectivity index (χ4v) is 3.81. The van der Waals surface area contributed by atoms with E-state index in [1.807, 2.05) is 13.0 Å². The van der Waals surface area contributed by atoms with Gasteiger partial charge in [0.2, 0.25) is 0 Å². The van der Waals surface area contributed by atoms with Gasteiger partial charge in [0.25, 0.3) is 11.5 Å². The van der Waals surface area contributed by atoms with E-state index in [1.165, 1.54) is 35.9 Å². The number of pyridine rings is 1. The average Bonchev–Trinajstić information content (AvgIpc) is 3.32. The molecule has 1 amide bonds. The molecule has 0 saturated carbocycles. The fraction of sp³-hybridized carbons (Fsp3) is 0.200. The second kappa shape index (κ2) is 9.76. The SMILES string of the molecule is CCn1nncc1-c1cccc(-n2cc(C(=O)N[C@H](C)c3cccc(C(F)(F)F)c3F)ccc2=O)c1. The summed E-state index contributed by atoms with van der Waals surface area (Å²) in [5.74, 6) is -2.13. The van der Waals surface area contributed by atoms with Crippen molar-refractivity contribution in [1.29, 1.82) is 0 Å². The molecule has 0 spiro atoms. The Labute approximate surface area is 203 Å². The number of aryl methyl sites for hydroxylation is 1. The zero-order chi connectivity index (χ0) is 26.0. The monoisotopic (exact) mass is 499 g/mol. The van der Waals surface area contributed by atoms with Gasteiger partial charge in [0.15, 0.2) is 0 Å². The molecule has 0 radical (unpaired) electrons.